The fourth-order valence-corrected chi connectivity index (χ4v) is 16.0. The van der Waals surface area contributed by atoms with Gasteiger partial charge in [-0.15, -0.1) is 0 Å². The van der Waals surface area contributed by atoms with Crippen molar-refractivity contribution in [1.82, 2.24) is 0 Å². The second-order valence-corrected chi connectivity index (χ2v) is 24.7. The maximum atomic E-state index is 10.5. The topological polar surface area (TPSA) is 315 Å². The quantitative estimate of drug-likeness (QED) is 0.0988. The molecule has 9 unspecified atom stereocenters. The molecule has 0 aromatic rings. The van der Waals surface area contributed by atoms with Gasteiger partial charge in [0.1, 0.15) is 18.0 Å². The molecule has 9 aliphatic rings. The van der Waals surface area contributed by atoms with Crippen LogP contribution in [0.1, 0.15) is 140 Å². The van der Waals surface area contributed by atoms with Crippen LogP contribution < -0.4 is 0 Å². The summed E-state index contributed by atoms with van der Waals surface area (Å²) in [4.78, 5) is 10.5. The number of hydrogen-bond acceptors (Lipinski definition) is 19. The molecule has 22 heteroatoms. The number of carbonyl (C=O) groups is 1. The van der Waals surface area contributed by atoms with Gasteiger partial charge in [-0.2, -0.15) is 0 Å². The molecule has 3 aliphatic carbocycles. The smallest absolute Gasteiger partial charge is 0.210 e. The molecule has 0 spiro atoms. The predicted octanol–water partition coefficient (Wildman–Crippen LogP) is 3.20. The second-order valence-electron chi connectivity index (χ2n) is 24.7. The van der Waals surface area contributed by atoms with E-state index in [0.29, 0.717) is 48.0 Å². The average Bonchev–Trinajstić information content (AvgIpc) is 3.32. The first-order chi connectivity index (χ1) is 38.8. The number of aliphatic hydroxyl groups is 12. The molecule has 473 valence electrons. The van der Waals surface area contributed by atoms with E-state index >= 15 is 0 Å². The molecule has 25 atom stereocenters. The van der Waals surface area contributed by atoms with E-state index in [9.17, 15) is 50.8 Å². The standard InChI is InChI=1S/C11H22O2.2C10H18O3.C9H16O4.C9H18O4.C8H14O3.2CH4.3Ac/c1-5-11(6-2)8(3)10(7-12)9(4)13-11;2*1-6-3-10(5-12)9(6)8(4-11)7(2)13-10;1-5-2-9(4-11)7(5)6(3-10)8(12)13-9;1-6-8(3-10)7(2)13-9(6,4-11)5-12;1-5-7(3-9)6(2)11-8(5)4-10;;;;;/h8-10,12H,5-7H2,1-4H3;2*6-9,11-12H,3-5H2,1-2H3;5-8,10-12H,2-4H2,1H3;6-8,10-12H,3-5H2,1-2H3;4-9H,3H2,1-2H3;2*1H4;;;/t8-,9-,10?;2*6?,7-,8?,9-,10-;5?,6?,7-,8-,9-;6-,7-,8?;5-,6-,7?,8-;;;;;/m111111...../s1/i;;;;10D;9D;2*1T;;;. The molecule has 0 amide bonds. The van der Waals surface area contributed by atoms with Gasteiger partial charge < -0.3 is 94.5 Å². The number of rotatable bonds is 16. The Balaban J connectivity index is 0. The third kappa shape index (κ3) is 17.7. The monoisotopic (exact) mass is 1810 g/mol. The summed E-state index contributed by atoms with van der Waals surface area (Å²) in [6, 6.07) is 0. The Labute approximate surface area is 600 Å². The van der Waals surface area contributed by atoms with Crippen molar-refractivity contribution >= 4 is 6.29 Å². The molecule has 3 radical (unpaired) electrons. The molecule has 3 saturated carbocycles. The van der Waals surface area contributed by atoms with Crippen LogP contribution in [0.4, 0.5) is 0 Å². The zero-order valence-corrected chi connectivity index (χ0v) is 66.2. The Kier molecular flexibility index (Phi) is 36.5. The SMILES string of the molecule is CC1C[C@]2(CO)O[C@@H](O)C(CO)[C@@H]12.CC1C[C@]2(CO)O[C@H](C)C(CO)[C@@H]12.CC1C[C@]2(CO)O[C@H](C)C(CO)[C@@H]12.CCC1(CC)O[C@H](C)C(CO)[C@H]1C.[2H]OCC1[C@@H](C)C(CO)(CO)O[C@@H]1C.[2H]OCC1[C@@H](C)[C@@H](C=O)O[C@@H]1C.[3H]C.[3H]C.[Ac].[Ac].[Ac]. The van der Waals surface area contributed by atoms with Crippen molar-refractivity contribution < 1.29 is 229 Å². The molecule has 9 rings (SSSR count). The maximum Gasteiger partial charge on any atom is 0.210 e. The van der Waals surface area contributed by atoms with Crippen molar-refractivity contribution in [2.24, 2.45) is 88.8 Å². The number of aliphatic hydroxyl groups excluding tert-OH is 12. The summed E-state index contributed by atoms with van der Waals surface area (Å²) < 4.78 is 58.6. The third-order valence-corrected chi connectivity index (χ3v) is 20.9. The van der Waals surface area contributed by atoms with Gasteiger partial charge in [-0.25, -0.2) is 0 Å². The van der Waals surface area contributed by atoms with Crippen molar-refractivity contribution in [2.75, 3.05) is 72.7 Å². The summed E-state index contributed by atoms with van der Waals surface area (Å²) in [5.74, 6) is 3.76. The Morgan fingerprint density at radius 2 is 0.802 bits per heavy atom. The van der Waals surface area contributed by atoms with Gasteiger partial charge in [0.25, 0.3) is 0 Å². The summed E-state index contributed by atoms with van der Waals surface area (Å²) in [6.07, 6.45) is 4.65. The van der Waals surface area contributed by atoms with Gasteiger partial charge in [-0.05, 0) is 102 Å². The van der Waals surface area contributed by atoms with Crippen LogP contribution in [-0.2, 0) is 33.2 Å². The predicted molar refractivity (Wildman–Crippen MR) is 296 cm³/mol. The fraction of sp³-hybridized carbons (Fsp3) is 0.983. The Bertz CT molecular complexity index is 1690. The van der Waals surface area contributed by atoms with E-state index in [4.69, 9.17) is 39.1 Å². The van der Waals surface area contributed by atoms with Crippen LogP contribution >= 0.6 is 0 Å². The van der Waals surface area contributed by atoms with Crippen molar-refractivity contribution in [3.8, 4) is 0 Å². The van der Waals surface area contributed by atoms with E-state index in [1.54, 1.807) is 0 Å². The summed E-state index contributed by atoms with van der Waals surface area (Å²) >= 11 is 0. The molecule has 6 aliphatic heterocycles. The summed E-state index contributed by atoms with van der Waals surface area (Å²) in [6.45, 7) is 27.5. The van der Waals surface area contributed by atoms with Crippen molar-refractivity contribution in [2.45, 2.75) is 208 Å². The number of fused-ring (bicyclic) bond motifs is 3. The summed E-state index contributed by atoms with van der Waals surface area (Å²) in [7, 11) is 2.50. The van der Waals surface area contributed by atoms with Crippen LogP contribution in [0.2, 0.25) is 0 Å². The van der Waals surface area contributed by atoms with E-state index < -0.39 is 17.5 Å². The molecule has 0 aromatic carbocycles. The first-order valence-corrected chi connectivity index (χ1v) is 28.7. The minimum absolute atomic E-state index is 0. The molecule has 0 bridgehead atoms. The van der Waals surface area contributed by atoms with E-state index in [-0.39, 0.29) is 299 Å². The zero-order chi connectivity index (χ0) is 62.9. The van der Waals surface area contributed by atoms with Crippen LogP contribution in [0, 0.1) is 221 Å². The second kappa shape index (κ2) is 37.7. The van der Waals surface area contributed by atoms with Gasteiger partial charge in [0.05, 0.1) is 92.6 Å². The molecule has 6 heterocycles. The normalized spacial score (nSPS) is 45.0. The number of ether oxygens (including phenoxy) is 6. The van der Waals surface area contributed by atoms with Gasteiger partial charge in [-0.1, -0.05) is 70.2 Å². The van der Waals surface area contributed by atoms with Gasteiger partial charge >= 0.3 is 0 Å². The van der Waals surface area contributed by atoms with E-state index in [1.165, 1.54) is 14.8 Å². The minimum Gasteiger partial charge on any atom is -0.396 e. The van der Waals surface area contributed by atoms with Crippen LogP contribution in [0.15, 0.2) is 0 Å². The average molecular weight is 1810 g/mol. The molecular weight excluding hydrogens is 1690 g/mol. The molecule has 6 saturated heterocycles. The fourth-order valence-electron chi connectivity index (χ4n) is 16.0. The summed E-state index contributed by atoms with van der Waals surface area (Å²) in [5.41, 5.74) is -2.04. The largest absolute Gasteiger partial charge is 0.396 e. The maximum absolute atomic E-state index is 10.5. The first kappa shape index (κ1) is 78.5. The molecule has 9 fully saturated rings. The van der Waals surface area contributed by atoms with Gasteiger partial charge in [0.15, 0.2) is 6.29 Å². The van der Waals surface area contributed by atoms with Gasteiger partial charge in [0, 0.05) is 221 Å². The number of aldehydes is 1. The molecule has 12 N–H and O–H groups in total. The molecule has 81 heavy (non-hydrogen) atoms. The van der Waals surface area contributed by atoms with E-state index in [1.807, 2.05) is 41.5 Å². The number of carbonyl (C=O) groups excluding carboxylic acids is 1. The van der Waals surface area contributed by atoms with E-state index in [0.717, 1.165) is 38.4 Å². The zero-order valence-electron chi connectivity index (χ0n) is 56.0. The Morgan fingerprint density at radius 3 is 1.10 bits per heavy atom. The number of hydrogen-bond donors (Lipinski definition) is 12. The Morgan fingerprint density at radius 1 is 0.469 bits per heavy atom. The third-order valence-electron chi connectivity index (χ3n) is 20.9. The summed E-state index contributed by atoms with van der Waals surface area (Å²) in [5, 5.41) is 101. The van der Waals surface area contributed by atoms with Gasteiger partial charge in [-0.3, -0.25) is 0 Å². The van der Waals surface area contributed by atoms with E-state index in [2.05, 4.69) is 58.7 Å². The molecule has 19 nitrogen and oxygen atoms in total. The van der Waals surface area contributed by atoms with Crippen LogP contribution in [-0.4, -0.2) is 214 Å². The molecular formula is C59H114Ac3O19. The van der Waals surface area contributed by atoms with Crippen molar-refractivity contribution in [1.29, 1.82) is 2.86 Å². The van der Waals surface area contributed by atoms with Crippen LogP contribution in [0.5, 0.6) is 0 Å². The van der Waals surface area contributed by atoms with Crippen molar-refractivity contribution in [3.05, 3.63) is 0 Å². The van der Waals surface area contributed by atoms with Crippen molar-refractivity contribution in [3.63, 3.8) is 0 Å². The first-order valence-electron chi connectivity index (χ1n) is 31.5. The Hall–Kier alpha value is 3.27. The van der Waals surface area contributed by atoms with Gasteiger partial charge in [0.2, 0.25) is 2.86 Å². The van der Waals surface area contributed by atoms with Crippen LogP contribution in [0.25, 0.3) is 0 Å². The minimum atomic E-state index is -0.910. The van der Waals surface area contributed by atoms with Crippen LogP contribution in [0.3, 0.4) is 0 Å². The molecule has 0 aromatic heterocycles.